The average molecular weight is 257 g/mol. The lowest BCUT2D eigenvalue weighted by Crippen LogP contribution is -2.39. The molecule has 0 fully saturated rings. The zero-order valence-corrected chi connectivity index (χ0v) is 10.8. The molecule has 1 aromatic heterocycles. The van der Waals surface area contributed by atoms with Gasteiger partial charge in [-0.2, -0.15) is 0 Å². The molecule has 0 spiro atoms. The Morgan fingerprint density at radius 1 is 1.53 bits per heavy atom. The topological polar surface area (TPSA) is 64.6 Å². The first kappa shape index (κ1) is 13.5. The van der Waals surface area contributed by atoms with Crippen LogP contribution in [0.5, 0.6) is 5.75 Å². The maximum Gasteiger partial charge on any atom is 0.328 e. The Kier molecular flexibility index (Phi) is 4.96. The van der Waals surface area contributed by atoms with Crippen LogP contribution in [-0.2, 0) is 9.53 Å². The summed E-state index contributed by atoms with van der Waals surface area (Å²) in [5, 5.41) is 4.29. The minimum atomic E-state index is -0.657. The molecule has 6 heteroatoms. The Bertz CT molecular complexity index is 402. The standard InChI is InChI=1S/C11H15NO4S/c1-4-16-11(14)7(2)12-10(13)9-5-8(15-3)6-17-9/h5-7H,4H2,1-3H3,(H,12,13). The monoisotopic (exact) mass is 257 g/mol. The summed E-state index contributed by atoms with van der Waals surface area (Å²) in [4.78, 5) is 23.5. The summed E-state index contributed by atoms with van der Waals surface area (Å²) in [5.41, 5.74) is 0. The van der Waals surface area contributed by atoms with Crippen LogP contribution in [0.3, 0.4) is 0 Å². The van der Waals surface area contributed by atoms with E-state index in [0.717, 1.165) is 0 Å². The van der Waals surface area contributed by atoms with Crippen LogP contribution in [-0.4, -0.2) is 31.6 Å². The SMILES string of the molecule is CCOC(=O)C(C)NC(=O)c1cc(OC)cs1. The molecule has 1 N–H and O–H groups in total. The molecule has 5 nitrogen and oxygen atoms in total. The molecule has 1 rings (SSSR count). The number of methoxy groups -OCH3 is 1. The first-order valence-corrected chi connectivity index (χ1v) is 6.06. The predicted molar refractivity (Wildman–Crippen MR) is 64.4 cm³/mol. The summed E-state index contributed by atoms with van der Waals surface area (Å²) in [6, 6.07) is 0.966. The zero-order chi connectivity index (χ0) is 12.8. The third kappa shape index (κ3) is 3.74. The predicted octanol–water partition coefficient (Wildman–Crippen LogP) is 1.44. The number of amides is 1. The maximum absolute atomic E-state index is 11.7. The molecule has 0 aromatic carbocycles. The van der Waals surface area contributed by atoms with Gasteiger partial charge in [0.25, 0.3) is 5.91 Å². The molecule has 0 radical (unpaired) electrons. The first-order valence-electron chi connectivity index (χ1n) is 5.18. The van der Waals surface area contributed by atoms with Crippen LogP contribution < -0.4 is 10.1 Å². The number of esters is 1. The number of carbonyl (C=O) groups is 2. The number of rotatable bonds is 5. The smallest absolute Gasteiger partial charge is 0.328 e. The van der Waals surface area contributed by atoms with Gasteiger partial charge in [0.2, 0.25) is 0 Å². The molecule has 1 unspecified atom stereocenters. The molecule has 1 atom stereocenters. The van der Waals surface area contributed by atoms with Crippen molar-refractivity contribution >= 4 is 23.2 Å². The molecule has 0 aliphatic carbocycles. The number of hydrogen-bond donors (Lipinski definition) is 1. The van der Waals surface area contributed by atoms with E-state index in [-0.39, 0.29) is 5.91 Å². The maximum atomic E-state index is 11.7. The van der Waals surface area contributed by atoms with Gasteiger partial charge in [0.15, 0.2) is 0 Å². The average Bonchev–Trinajstić information content (AvgIpc) is 2.77. The third-order valence-corrected chi connectivity index (χ3v) is 2.93. The van der Waals surface area contributed by atoms with Crippen LogP contribution in [0.15, 0.2) is 11.4 Å². The second-order valence-electron chi connectivity index (χ2n) is 3.30. The van der Waals surface area contributed by atoms with Gasteiger partial charge >= 0.3 is 5.97 Å². The molecule has 94 valence electrons. The van der Waals surface area contributed by atoms with Crippen molar-refractivity contribution in [2.75, 3.05) is 13.7 Å². The lowest BCUT2D eigenvalue weighted by atomic mass is 10.3. The largest absolute Gasteiger partial charge is 0.496 e. The third-order valence-electron chi connectivity index (χ3n) is 2.02. The fourth-order valence-corrected chi connectivity index (χ4v) is 1.90. The summed E-state index contributed by atoms with van der Waals surface area (Å²) < 4.78 is 9.77. The Morgan fingerprint density at radius 2 is 2.24 bits per heavy atom. The Balaban J connectivity index is 2.56. The van der Waals surface area contributed by atoms with E-state index in [1.54, 1.807) is 25.3 Å². The highest BCUT2D eigenvalue weighted by Gasteiger charge is 2.18. The quantitative estimate of drug-likeness (QED) is 0.811. The van der Waals surface area contributed by atoms with Crippen LogP contribution in [0.2, 0.25) is 0 Å². The summed E-state index contributed by atoms with van der Waals surface area (Å²) in [7, 11) is 1.53. The molecule has 1 heterocycles. The lowest BCUT2D eigenvalue weighted by Gasteiger charge is -2.11. The molecule has 0 bridgehead atoms. The molecule has 1 amide bonds. The molecule has 0 aliphatic heterocycles. The van der Waals surface area contributed by atoms with E-state index in [1.165, 1.54) is 18.4 Å². The molecule has 17 heavy (non-hydrogen) atoms. The van der Waals surface area contributed by atoms with Gasteiger partial charge in [-0.3, -0.25) is 4.79 Å². The van der Waals surface area contributed by atoms with Gasteiger partial charge in [0.1, 0.15) is 11.8 Å². The van der Waals surface area contributed by atoms with Crippen molar-refractivity contribution in [1.29, 1.82) is 0 Å². The molecule has 0 aliphatic rings. The lowest BCUT2D eigenvalue weighted by molar-refractivity contribution is -0.144. The van der Waals surface area contributed by atoms with Crippen molar-refractivity contribution in [2.45, 2.75) is 19.9 Å². The number of ether oxygens (including phenoxy) is 2. The van der Waals surface area contributed by atoms with E-state index in [1.807, 2.05) is 0 Å². The van der Waals surface area contributed by atoms with Crippen LogP contribution in [0.1, 0.15) is 23.5 Å². The second-order valence-corrected chi connectivity index (χ2v) is 4.21. The van der Waals surface area contributed by atoms with Gasteiger partial charge in [-0.15, -0.1) is 11.3 Å². The van der Waals surface area contributed by atoms with Crippen molar-refractivity contribution in [3.05, 3.63) is 16.3 Å². The normalized spacial score (nSPS) is 11.7. The fraction of sp³-hybridized carbons (Fsp3) is 0.455. The molecular formula is C11H15NO4S. The van der Waals surface area contributed by atoms with Gasteiger partial charge in [0, 0.05) is 11.4 Å². The number of hydrogen-bond acceptors (Lipinski definition) is 5. The summed E-state index contributed by atoms with van der Waals surface area (Å²) in [5.74, 6) is -0.118. The van der Waals surface area contributed by atoms with Crippen molar-refractivity contribution < 1.29 is 19.1 Å². The van der Waals surface area contributed by atoms with E-state index < -0.39 is 12.0 Å². The van der Waals surface area contributed by atoms with Gasteiger partial charge in [-0.1, -0.05) is 0 Å². The van der Waals surface area contributed by atoms with E-state index >= 15 is 0 Å². The van der Waals surface area contributed by atoms with Crippen LogP contribution in [0, 0.1) is 0 Å². The van der Waals surface area contributed by atoms with Crippen LogP contribution in [0.4, 0.5) is 0 Å². The van der Waals surface area contributed by atoms with Crippen molar-refractivity contribution in [1.82, 2.24) is 5.32 Å². The number of thiophene rings is 1. The number of carbonyl (C=O) groups excluding carboxylic acids is 2. The highest BCUT2D eigenvalue weighted by molar-refractivity contribution is 7.12. The minimum Gasteiger partial charge on any atom is -0.496 e. The summed E-state index contributed by atoms with van der Waals surface area (Å²) in [6.07, 6.45) is 0. The van der Waals surface area contributed by atoms with E-state index in [9.17, 15) is 9.59 Å². The van der Waals surface area contributed by atoms with Crippen molar-refractivity contribution in [3.8, 4) is 5.75 Å². The summed E-state index contributed by atoms with van der Waals surface area (Å²) >= 11 is 1.26. The fourth-order valence-electron chi connectivity index (χ4n) is 1.14. The Morgan fingerprint density at radius 3 is 2.76 bits per heavy atom. The van der Waals surface area contributed by atoms with Crippen LogP contribution >= 0.6 is 11.3 Å². The van der Waals surface area contributed by atoms with Crippen molar-refractivity contribution in [2.24, 2.45) is 0 Å². The van der Waals surface area contributed by atoms with E-state index in [0.29, 0.717) is 17.2 Å². The van der Waals surface area contributed by atoms with Crippen LogP contribution in [0.25, 0.3) is 0 Å². The number of nitrogens with one attached hydrogen (secondary N) is 1. The highest BCUT2D eigenvalue weighted by atomic mass is 32.1. The second kappa shape index (κ2) is 6.24. The Labute approximate surface area is 104 Å². The first-order chi connectivity index (χ1) is 8.08. The molecule has 0 saturated heterocycles. The molecule has 1 aromatic rings. The molecule has 0 saturated carbocycles. The highest BCUT2D eigenvalue weighted by Crippen LogP contribution is 2.20. The Hall–Kier alpha value is -1.56. The van der Waals surface area contributed by atoms with Gasteiger partial charge in [-0.05, 0) is 13.8 Å². The zero-order valence-electron chi connectivity index (χ0n) is 9.98. The minimum absolute atomic E-state index is 0.297. The van der Waals surface area contributed by atoms with Gasteiger partial charge in [-0.25, -0.2) is 4.79 Å². The van der Waals surface area contributed by atoms with E-state index in [2.05, 4.69) is 5.32 Å². The van der Waals surface area contributed by atoms with Gasteiger partial charge in [0.05, 0.1) is 18.6 Å². The molecular weight excluding hydrogens is 242 g/mol. The summed E-state index contributed by atoms with van der Waals surface area (Å²) in [6.45, 7) is 3.60. The van der Waals surface area contributed by atoms with Gasteiger partial charge < -0.3 is 14.8 Å². The van der Waals surface area contributed by atoms with E-state index in [4.69, 9.17) is 9.47 Å². The van der Waals surface area contributed by atoms with Crippen molar-refractivity contribution in [3.63, 3.8) is 0 Å².